The Hall–Kier alpha value is -3.40. The number of nitrogens with zero attached hydrogens (tertiary/aromatic N) is 2. The summed E-state index contributed by atoms with van der Waals surface area (Å²) in [6, 6.07) is 13.3. The van der Waals surface area contributed by atoms with Crippen molar-refractivity contribution in [1.82, 2.24) is 0 Å². The molecule has 2 aromatic rings. The maximum atomic E-state index is 11.9. The third kappa shape index (κ3) is 4.55. The third-order valence-corrected chi connectivity index (χ3v) is 3.19. The minimum absolute atomic E-state index is 0.0551. The summed E-state index contributed by atoms with van der Waals surface area (Å²) in [4.78, 5) is 22.3. The minimum atomic E-state index is -0.555. The quantitative estimate of drug-likeness (QED) is 0.649. The van der Waals surface area contributed by atoms with Gasteiger partial charge in [-0.05, 0) is 36.2 Å². The number of nitrogens with one attached hydrogen (secondary N) is 1. The molecule has 24 heavy (non-hydrogen) atoms. The number of benzene rings is 2. The fraction of sp³-hybridized carbons (Fsp3) is 0.176. The van der Waals surface area contributed by atoms with Crippen LogP contribution in [0.3, 0.4) is 0 Å². The molecule has 0 aliphatic heterocycles. The van der Waals surface area contributed by atoms with Crippen LogP contribution in [0.25, 0.3) is 0 Å². The first-order valence-corrected chi connectivity index (χ1v) is 7.13. The third-order valence-electron chi connectivity index (χ3n) is 3.19. The van der Waals surface area contributed by atoms with Gasteiger partial charge in [0.25, 0.3) is 5.91 Å². The Morgan fingerprint density at radius 3 is 2.62 bits per heavy atom. The highest BCUT2D eigenvalue weighted by Gasteiger charge is 2.16. The van der Waals surface area contributed by atoms with Crippen LogP contribution in [0.15, 0.2) is 42.5 Å². The van der Waals surface area contributed by atoms with Gasteiger partial charge in [0.1, 0.15) is 0 Å². The van der Waals surface area contributed by atoms with Gasteiger partial charge in [0, 0.05) is 11.8 Å². The summed E-state index contributed by atoms with van der Waals surface area (Å²) < 4.78 is 5.28. The number of ether oxygens (including phenoxy) is 1. The Kier molecular flexibility index (Phi) is 5.47. The first-order chi connectivity index (χ1) is 11.5. The Bertz CT molecular complexity index is 794. The molecule has 0 heterocycles. The van der Waals surface area contributed by atoms with Gasteiger partial charge in [0.2, 0.25) is 0 Å². The summed E-state index contributed by atoms with van der Waals surface area (Å²) in [6.07, 6.45) is 0.300. The van der Waals surface area contributed by atoms with Crippen molar-refractivity contribution in [2.45, 2.75) is 13.3 Å². The maximum absolute atomic E-state index is 11.9. The van der Waals surface area contributed by atoms with E-state index in [9.17, 15) is 14.9 Å². The van der Waals surface area contributed by atoms with Crippen molar-refractivity contribution in [2.75, 3.05) is 11.9 Å². The number of aryl methyl sites for hydroxylation is 1. The van der Waals surface area contributed by atoms with Gasteiger partial charge < -0.3 is 10.1 Å². The van der Waals surface area contributed by atoms with Gasteiger partial charge in [-0.15, -0.1) is 0 Å². The molecule has 0 bridgehead atoms. The number of nitro groups is 1. The molecule has 122 valence electrons. The van der Waals surface area contributed by atoms with Gasteiger partial charge in [-0.2, -0.15) is 5.26 Å². The molecule has 7 heteroatoms. The van der Waals surface area contributed by atoms with E-state index in [-0.39, 0.29) is 18.0 Å². The number of nitro benzene ring substituents is 1. The van der Waals surface area contributed by atoms with Crippen LogP contribution in [0.4, 0.5) is 11.4 Å². The van der Waals surface area contributed by atoms with E-state index in [2.05, 4.69) is 5.32 Å². The summed E-state index contributed by atoms with van der Waals surface area (Å²) >= 11 is 0. The number of hydrogen-bond donors (Lipinski definition) is 1. The maximum Gasteiger partial charge on any atom is 0.310 e. The van der Waals surface area contributed by atoms with E-state index in [1.165, 1.54) is 12.1 Å². The molecular weight excluding hydrogens is 310 g/mol. The average molecular weight is 325 g/mol. The van der Waals surface area contributed by atoms with Crippen molar-refractivity contribution >= 4 is 17.3 Å². The highest BCUT2D eigenvalue weighted by Crippen LogP contribution is 2.27. The predicted molar refractivity (Wildman–Crippen MR) is 87.7 cm³/mol. The molecule has 0 spiro atoms. The van der Waals surface area contributed by atoms with Gasteiger partial charge in [-0.25, -0.2) is 0 Å². The van der Waals surface area contributed by atoms with Crippen molar-refractivity contribution in [1.29, 1.82) is 5.26 Å². The van der Waals surface area contributed by atoms with Gasteiger partial charge in [-0.1, -0.05) is 18.2 Å². The van der Waals surface area contributed by atoms with Crippen molar-refractivity contribution in [3.05, 3.63) is 63.7 Å². The van der Waals surface area contributed by atoms with Crippen LogP contribution in [0.5, 0.6) is 5.75 Å². The fourth-order valence-electron chi connectivity index (χ4n) is 2.03. The Labute approximate surface area is 138 Å². The van der Waals surface area contributed by atoms with Crippen LogP contribution >= 0.6 is 0 Å². The lowest BCUT2D eigenvalue weighted by atomic mass is 10.1. The molecule has 0 saturated heterocycles. The van der Waals surface area contributed by atoms with E-state index >= 15 is 0 Å². The minimum Gasteiger partial charge on any atom is -0.477 e. The molecule has 1 amide bonds. The molecule has 0 aliphatic rings. The monoisotopic (exact) mass is 325 g/mol. The molecule has 0 saturated carbocycles. The van der Waals surface area contributed by atoms with E-state index < -0.39 is 10.8 Å². The molecule has 0 aliphatic carbocycles. The number of anilines is 1. The summed E-state index contributed by atoms with van der Waals surface area (Å²) in [7, 11) is 0. The lowest BCUT2D eigenvalue weighted by Crippen LogP contribution is -2.20. The predicted octanol–water partition coefficient (Wildman–Crippen LogP) is 2.99. The highest BCUT2D eigenvalue weighted by atomic mass is 16.6. The lowest BCUT2D eigenvalue weighted by molar-refractivity contribution is -0.385. The average Bonchev–Trinajstić information content (AvgIpc) is 2.55. The molecule has 0 aromatic heterocycles. The Morgan fingerprint density at radius 1 is 1.29 bits per heavy atom. The zero-order chi connectivity index (χ0) is 17.5. The number of nitriles is 1. The smallest absolute Gasteiger partial charge is 0.310 e. The summed E-state index contributed by atoms with van der Waals surface area (Å²) in [5.41, 5.74) is 2.02. The number of hydrogen-bond acceptors (Lipinski definition) is 5. The number of amides is 1. The zero-order valence-electron chi connectivity index (χ0n) is 13.0. The van der Waals surface area contributed by atoms with Crippen LogP contribution in [-0.4, -0.2) is 17.4 Å². The molecule has 0 unspecified atom stereocenters. The molecule has 7 nitrogen and oxygen atoms in total. The van der Waals surface area contributed by atoms with Crippen molar-refractivity contribution < 1.29 is 14.5 Å². The standard InChI is InChI=1S/C17H15N3O4/c1-12-2-7-15(20(22)23)16(10-12)24-11-17(21)19-14-5-3-13(4-6-14)8-9-18/h2-7,10H,8,11H2,1H3,(H,19,21). The molecule has 2 rings (SSSR count). The van der Waals surface area contributed by atoms with Crippen LogP contribution in [-0.2, 0) is 11.2 Å². The van der Waals surface area contributed by atoms with Crippen molar-refractivity contribution in [2.24, 2.45) is 0 Å². The second-order valence-electron chi connectivity index (χ2n) is 5.10. The molecular formula is C17H15N3O4. The molecule has 0 atom stereocenters. The van der Waals surface area contributed by atoms with Crippen LogP contribution in [0, 0.1) is 28.4 Å². The summed E-state index contributed by atoms with van der Waals surface area (Å²) in [5.74, 6) is -0.377. The van der Waals surface area contributed by atoms with Gasteiger partial charge >= 0.3 is 5.69 Å². The first-order valence-electron chi connectivity index (χ1n) is 7.13. The van der Waals surface area contributed by atoms with Crippen LogP contribution in [0.1, 0.15) is 11.1 Å². The normalized spacial score (nSPS) is 9.83. The van der Waals surface area contributed by atoms with E-state index in [4.69, 9.17) is 10.00 Å². The number of rotatable bonds is 6. The van der Waals surface area contributed by atoms with E-state index in [1.54, 1.807) is 37.3 Å². The molecule has 1 N–H and O–H groups in total. The van der Waals surface area contributed by atoms with E-state index in [0.717, 1.165) is 11.1 Å². The first kappa shape index (κ1) is 17.0. The largest absolute Gasteiger partial charge is 0.477 e. The number of carbonyl (C=O) groups is 1. The van der Waals surface area contributed by atoms with Gasteiger partial charge in [-0.3, -0.25) is 14.9 Å². The van der Waals surface area contributed by atoms with Crippen LogP contribution in [0.2, 0.25) is 0 Å². The molecule has 0 fully saturated rings. The van der Waals surface area contributed by atoms with E-state index in [0.29, 0.717) is 12.1 Å². The SMILES string of the molecule is Cc1ccc([N+](=O)[O-])c(OCC(=O)Nc2ccc(CC#N)cc2)c1. The molecule has 0 radical (unpaired) electrons. The second kappa shape index (κ2) is 7.74. The Morgan fingerprint density at radius 2 is 2.00 bits per heavy atom. The van der Waals surface area contributed by atoms with Crippen LogP contribution < -0.4 is 10.1 Å². The lowest BCUT2D eigenvalue weighted by Gasteiger charge is -2.09. The highest BCUT2D eigenvalue weighted by molar-refractivity contribution is 5.91. The second-order valence-corrected chi connectivity index (χ2v) is 5.10. The summed E-state index contributed by atoms with van der Waals surface area (Å²) in [6.45, 7) is 1.43. The summed E-state index contributed by atoms with van der Waals surface area (Å²) in [5, 5.41) is 22.2. The fourth-order valence-corrected chi connectivity index (χ4v) is 2.03. The van der Waals surface area contributed by atoms with E-state index in [1.807, 2.05) is 6.07 Å². The van der Waals surface area contributed by atoms with Crippen molar-refractivity contribution in [3.63, 3.8) is 0 Å². The van der Waals surface area contributed by atoms with Gasteiger partial charge in [0.05, 0.1) is 17.4 Å². The van der Waals surface area contributed by atoms with Gasteiger partial charge in [0.15, 0.2) is 12.4 Å². The zero-order valence-corrected chi connectivity index (χ0v) is 13.0. The number of carbonyl (C=O) groups excluding carboxylic acids is 1. The Balaban J connectivity index is 1.97. The topological polar surface area (TPSA) is 105 Å². The van der Waals surface area contributed by atoms with Crippen molar-refractivity contribution in [3.8, 4) is 11.8 Å². The molecule has 2 aromatic carbocycles.